The van der Waals surface area contributed by atoms with Crippen molar-refractivity contribution < 1.29 is 9.53 Å². The molecule has 3 heteroatoms. The molecule has 2 fully saturated rings. The summed E-state index contributed by atoms with van der Waals surface area (Å²) in [5.41, 5.74) is 1.65. The maximum Gasteiger partial charge on any atom is 0.322 e. The van der Waals surface area contributed by atoms with Crippen molar-refractivity contribution in [1.82, 2.24) is 5.32 Å². The number of fused-ring (bicyclic) bond motifs is 2. The Bertz CT molecular complexity index is 540. The molecule has 0 unspecified atom stereocenters. The van der Waals surface area contributed by atoms with E-state index in [1.165, 1.54) is 31.9 Å². The SMILES string of the molecule is COC(=O)[C@H](C[C@H]1C[C@@H]2CC[C@H]1C2(C)C)NCc1ccccc1. The number of hydrogen-bond donors (Lipinski definition) is 1. The number of ether oxygens (including phenoxy) is 1. The van der Waals surface area contributed by atoms with Crippen LogP contribution in [0.2, 0.25) is 0 Å². The van der Waals surface area contributed by atoms with Gasteiger partial charge >= 0.3 is 5.97 Å². The second kappa shape index (κ2) is 6.64. The van der Waals surface area contributed by atoms with Gasteiger partial charge in [0.15, 0.2) is 0 Å². The van der Waals surface area contributed by atoms with E-state index in [2.05, 4.69) is 31.3 Å². The first kappa shape index (κ1) is 16.5. The highest BCUT2D eigenvalue weighted by Crippen LogP contribution is 2.61. The van der Waals surface area contributed by atoms with E-state index in [1.807, 2.05) is 18.2 Å². The van der Waals surface area contributed by atoms with Crippen LogP contribution < -0.4 is 5.32 Å². The van der Waals surface area contributed by atoms with Gasteiger partial charge in [-0.15, -0.1) is 0 Å². The minimum atomic E-state index is -0.194. The fraction of sp³-hybridized carbons (Fsp3) is 0.650. The highest BCUT2D eigenvalue weighted by Gasteiger charge is 2.53. The minimum Gasteiger partial charge on any atom is -0.468 e. The summed E-state index contributed by atoms with van der Waals surface area (Å²) in [7, 11) is 1.49. The van der Waals surface area contributed by atoms with Crippen molar-refractivity contribution in [3.8, 4) is 0 Å². The Kier molecular flexibility index (Phi) is 4.77. The molecule has 0 amide bonds. The molecule has 0 aliphatic heterocycles. The molecule has 23 heavy (non-hydrogen) atoms. The van der Waals surface area contributed by atoms with Crippen LogP contribution in [0.4, 0.5) is 0 Å². The first-order valence-electron chi connectivity index (χ1n) is 8.87. The van der Waals surface area contributed by atoms with Gasteiger partial charge in [0.2, 0.25) is 0 Å². The van der Waals surface area contributed by atoms with Crippen LogP contribution >= 0.6 is 0 Å². The van der Waals surface area contributed by atoms with E-state index in [-0.39, 0.29) is 12.0 Å². The molecule has 1 N–H and O–H groups in total. The molecule has 0 radical (unpaired) electrons. The molecule has 0 saturated heterocycles. The van der Waals surface area contributed by atoms with Crippen molar-refractivity contribution in [2.75, 3.05) is 7.11 Å². The maximum atomic E-state index is 12.2. The average Bonchev–Trinajstić information content (AvgIpc) is 2.98. The first-order valence-corrected chi connectivity index (χ1v) is 8.87. The van der Waals surface area contributed by atoms with E-state index in [4.69, 9.17) is 4.74 Å². The van der Waals surface area contributed by atoms with E-state index < -0.39 is 0 Å². The van der Waals surface area contributed by atoms with Gasteiger partial charge < -0.3 is 10.1 Å². The fourth-order valence-electron chi connectivity index (χ4n) is 5.03. The van der Waals surface area contributed by atoms with Crippen LogP contribution in [0.1, 0.15) is 45.1 Å². The summed E-state index contributed by atoms with van der Waals surface area (Å²) in [5, 5.41) is 3.43. The number of carbonyl (C=O) groups excluding carboxylic acids is 1. The molecule has 3 nitrogen and oxygen atoms in total. The summed E-state index contributed by atoms with van der Waals surface area (Å²) >= 11 is 0. The van der Waals surface area contributed by atoms with Gasteiger partial charge in [0.1, 0.15) is 6.04 Å². The molecule has 3 rings (SSSR count). The Balaban J connectivity index is 1.63. The number of rotatable bonds is 6. The molecule has 2 bridgehead atoms. The summed E-state index contributed by atoms with van der Waals surface area (Å²) in [6.07, 6.45) is 4.88. The summed E-state index contributed by atoms with van der Waals surface area (Å²) < 4.78 is 5.04. The molecule has 2 saturated carbocycles. The molecule has 0 spiro atoms. The predicted molar refractivity (Wildman–Crippen MR) is 91.8 cm³/mol. The van der Waals surface area contributed by atoms with E-state index in [9.17, 15) is 4.79 Å². The zero-order chi connectivity index (χ0) is 16.4. The molecular formula is C20H29NO2. The number of carbonyl (C=O) groups is 1. The standard InChI is InChI=1S/C20H29NO2/c1-20(2)16-9-10-17(20)15(11-16)12-18(19(22)23-3)21-13-14-7-5-4-6-8-14/h4-8,15-18,21H,9-13H2,1-3H3/t15-,16+,17-,18+/m1/s1. The van der Waals surface area contributed by atoms with Crippen LogP contribution in [-0.4, -0.2) is 19.1 Å². The molecule has 2 aliphatic rings. The molecule has 1 aromatic carbocycles. The lowest BCUT2D eigenvalue weighted by Crippen LogP contribution is -2.39. The first-order chi connectivity index (χ1) is 11.0. The third-order valence-electron chi connectivity index (χ3n) is 6.41. The molecule has 0 aromatic heterocycles. The van der Waals surface area contributed by atoms with Crippen LogP contribution in [0.5, 0.6) is 0 Å². The minimum absolute atomic E-state index is 0.124. The lowest BCUT2D eigenvalue weighted by atomic mass is 9.78. The van der Waals surface area contributed by atoms with Crippen molar-refractivity contribution >= 4 is 5.97 Å². The van der Waals surface area contributed by atoms with Crippen LogP contribution in [0.15, 0.2) is 30.3 Å². The van der Waals surface area contributed by atoms with E-state index in [0.717, 1.165) is 18.3 Å². The number of methoxy groups -OCH3 is 1. The van der Waals surface area contributed by atoms with Gasteiger partial charge in [0.25, 0.3) is 0 Å². The summed E-state index contributed by atoms with van der Waals surface area (Å²) in [5.74, 6) is 2.13. The Hall–Kier alpha value is -1.35. The van der Waals surface area contributed by atoms with Gasteiger partial charge in [-0.05, 0) is 54.4 Å². The Morgan fingerprint density at radius 2 is 2.04 bits per heavy atom. The summed E-state index contributed by atoms with van der Waals surface area (Å²) in [4.78, 5) is 12.2. The van der Waals surface area contributed by atoms with E-state index in [0.29, 0.717) is 17.9 Å². The smallest absolute Gasteiger partial charge is 0.322 e. The zero-order valence-corrected chi connectivity index (χ0v) is 14.5. The average molecular weight is 315 g/mol. The second-order valence-electron chi connectivity index (χ2n) is 7.88. The van der Waals surface area contributed by atoms with Gasteiger partial charge in [-0.1, -0.05) is 44.2 Å². The second-order valence-corrected chi connectivity index (χ2v) is 7.88. The molecule has 4 atom stereocenters. The zero-order valence-electron chi connectivity index (χ0n) is 14.5. The van der Waals surface area contributed by atoms with E-state index in [1.54, 1.807) is 0 Å². The Morgan fingerprint density at radius 1 is 1.30 bits per heavy atom. The number of esters is 1. The lowest BCUT2D eigenvalue weighted by Gasteiger charge is -2.29. The van der Waals surface area contributed by atoms with Gasteiger partial charge in [0, 0.05) is 6.54 Å². The topological polar surface area (TPSA) is 38.3 Å². The van der Waals surface area contributed by atoms with Crippen molar-refractivity contribution in [1.29, 1.82) is 0 Å². The molecular weight excluding hydrogens is 286 g/mol. The third kappa shape index (κ3) is 3.30. The number of hydrogen-bond acceptors (Lipinski definition) is 3. The van der Waals surface area contributed by atoms with Gasteiger partial charge in [0.05, 0.1) is 7.11 Å². The largest absolute Gasteiger partial charge is 0.468 e. The van der Waals surface area contributed by atoms with Crippen LogP contribution in [0.25, 0.3) is 0 Å². The number of benzene rings is 1. The summed E-state index contributed by atoms with van der Waals surface area (Å²) in [6, 6.07) is 10.0. The van der Waals surface area contributed by atoms with Crippen LogP contribution in [0.3, 0.4) is 0 Å². The fourth-order valence-corrected chi connectivity index (χ4v) is 5.03. The van der Waals surface area contributed by atoms with Gasteiger partial charge in [-0.2, -0.15) is 0 Å². The normalized spacial score (nSPS) is 29.4. The molecule has 2 aliphatic carbocycles. The molecule has 1 aromatic rings. The quantitative estimate of drug-likeness (QED) is 0.812. The van der Waals surface area contributed by atoms with Gasteiger partial charge in [-0.25, -0.2) is 0 Å². The maximum absolute atomic E-state index is 12.2. The predicted octanol–water partition coefficient (Wildman–Crippen LogP) is 3.78. The van der Waals surface area contributed by atoms with Crippen molar-refractivity contribution in [2.24, 2.45) is 23.2 Å². The summed E-state index contributed by atoms with van der Waals surface area (Å²) in [6.45, 7) is 5.55. The van der Waals surface area contributed by atoms with Gasteiger partial charge in [-0.3, -0.25) is 4.79 Å². The van der Waals surface area contributed by atoms with Crippen LogP contribution in [-0.2, 0) is 16.1 Å². The molecule has 0 heterocycles. The number of nitrogens with one attached hydrogen (secondary N) is 1. The Morgan fingerprint density at radius 3 is 2.61 bits per heavy atom. The van der Waals surface area contributed by atoms with Crippen LogP contribution in [0, 0.1) is 23.2 Å². The van der Waals surface area contributed by atoms with Crippen molar-refractivity contribution in [3.05, 3.63) is 35.9 Å². The van der Waals surface area contributed by atoms with Crippen molar-refractivity contribution in [3.63, 3.8) is 0 Å². The van der Waals surface area contributed by atoms with Crippen molar-refractivity contribution in [2.45, 2.75) is 52.1 Å². The third-order valence-corrected chi connectivity index (χ3v) is 6.41. The highest BCUT2D eigenvalue weighted by molar-refractivity contribution is 5.75. The van der Waals surface area contributed by atoms with E-state index >= 15 is 0 Å². The Labute approximate surface area is 139 Å². The molecule has 126 valence electrons. The monoisotopic (exact) mass is 315 g/mol. The highest BCUT2D eigenvalue weighted by atomic mass is 16.5. The lowest BCUT2D eigenvalue weighted by molar-refractivity contribution is -0.143.